The minimum Gasteiger partial charge on any atom is -0.497 e. The van der Waals surface area contributed by atoms with Crippen LogP contribution in [-0.4, -0.2) is 62.2 Å². The number of carbonyl (C=O) groups excluding carboxylic acids is 3. The van der Waals surface area contributed by atoms with Gasteiger partial charge in [0.05, 0.1) is 23.9 Å². The molecule has 0 fully saturated rings. The molecular weight excluding hydrogens is 522 g/mol. The summed E-state index contributed by atoms with van der Waals surface area (Å²) < 4.78 is 13.1. The number of nitriles is 1. The summed E-state index contributed by atoms with van der Waals surface area (Å²) in [6.45, 7) is 1.06. The number of anilines is 1. The molecular formula is C23H22ClN7O5S. The number of rotatable bonds is 9. The van der Waals surface area contributed by atoms with Crippen molar-refractivity contribution in [3.05, 3.63) is 63.4 Å². The molecule has 12 nitrogen and oxygen atoms in total. The lowest BCUT2D eigenvalue weighted by molar-refractivity contribution is -0.122. The largest absolute Gasteiger partial charge is 0.497 e. The standard InChI is InChI=1S/C23H22ClN7O5S/c1-14-4-9-17(24)18(12-14)26-21(33)20(19(32)15-5-7-16(35-3)8-6-15)36-23(34)30(11-10-25)13-31-22(37)29(2)27-28-31/h4-9,12,20H,11,13H2,1-3H3,(H,26,33). The van der Waals surface area contributed by atoms with Gasteiger partial charge in [0.15, 0.2) is 0 Å². The molecule has 0 aliphatic heterocycles. The molecule has 1 aromatic heterocycles. The minimum atomic E-state index is -1.91. The molecule has 0 aliphatic carbocycles. The van der Waals surface area contributed by atoms with Crippen LogP contribution in [0.3, 0.4) is 0 Å². The molecule has 0 saturated heterocycles. The first-order chi connectivity index (χ1) is 17.6. The van der Waals surface area contributed by atoms with E-state index >= 15 is 0 Å². The van der Waals surface area contributed by atoms with E-state index in [1.54, 1.807) is 32.2 Å². The molecule has 192 valence electrons. The highest BCUT2D eigenvalue weighted by Gasteiger charge is 2.34. The maximum absolute atomic E-state index is 13.3. The zero-order chi connectivity index (χ0) is 27.1. The summed E-state index contributed by atoms with van der Waals surface area (Å²) >= 11 is 11.4. The molecule has 1 heterocycles. The maximum Gasteiger partial charge on any atom is 0.413 e. The van der Waals surface area contributed by atoms with Crippen molar-refractivity contribution in [2.24, 2.45) is 7.05 Å². The van der Waals surface area contributed by atoms with E-state index in [4.69, 9.17) is 33.3 Å². The molecule has 14 heteroatoms. The second-order valence-corrected chi connectivity index (χ2v) is 8.48. The average molecular weight is 544 g/mol. The minimum absolute atomic E-state index is 0.0899. The molecule has 0 aliphatic rings. The van der Waals surface area contributed by atoms with Gasteiger partial charge in [-0.25, -0.2) is 9.48 Å². The van der Waals surface area contributed by atoms with Gasteiger partial charge < -0.3 is 14.8 Å². The zero-order valence-corrected chi connectivity index (χ0v) is 21.6. The SMILES string of the molecule is COc1ccc(C(=O)C(OC(=O)N(CC#N)Cn2nnn(C)c2=S)C(=O)Nc2cc(C)ccc2Cl)cc1. The molecule has 3 aromatic rings. The van der Waals surface area contributed by atoms with Crippen molar-refractivity contribution in [2.45, 2.75) is 19.7 Å². The van der Waals surface area contributed by atoms with Crippen LogP contribution in [0.2, 0.25) is 5.02 Å². The van der Waals surface area contributed by atoms with Gasteiger partial charge in [0.1, 0.15) is 19.0 Å². The van der Waals surface area contributed by atoms with Gasteiger partial charge in [-0.2, -0.15) is 9.94 Å². The van der Waals surface area contributed by atoms with E-state index in [-0.39, 0.29) is 27.7 Å². The molecule has 37 heavy (non-hydrogen) atoms. The second-order valence-electron chi connectivity index (χ2n) is 7.71. The number of hydrogen-bond acceptors (Lipinski definition) is 9. The number of tetrazole rings is 1. The Labute approximate surface area is 221 Å². The van der Waals surface area contributed by atoms with Crippen LogP contribution < -0.4 is 10.1 Å². The second kappa shape index (κ2) is 12.1. The summed E-state index contributed by atoms with van der Waals surface area (Å²) in [6.07, 6.45) is -3.03. The van der Waals surface area contributed by atoms with Gasteiger partial charge in [0, 0.05) is 12.6 Å². The number of benzene rings is 2. The third kappa shape index (κ3) is 6.69. The molecule has 1 unspecified atom stereocenters. The van der Waals surface area contributed by atoms with E-state index < -0.39 is 30.4 Å². The van der Waals surface area contributed by atoms with Gasteiger partial charge in [-0.15, -0.1) is 0 Å². The van der Waals surface area contributed by atoms with Crippen molar-refractivity contribution < 1.29 is 23.9 Å². The summed E-state index contributed by atoms with van der Waals surface area (Å²) in [6, 6.07) is 12.7. The average Bonchev–Trinajstić information content (AvgIpc) is 3.20. The van der Waals surface area contributed by atoms with Crippen molar-refractivity contribution in [1.82, 2.24) is 24.7 Å². The number of amides is 2. The predicted molar refractivity (Wildman–Crippen MR) is 135 cm³/mol. The molecule has 0 spiro atoms. The zero-order valence-electron chi connectivity index (χ0n) is 20.0. The highest BCUT2D eigenvalue weighted by molar-refractivity contribution is 7.71. The normalized spacial score (nSPS) is 11.2. The van der Waals surface area contributed by atoms with E-state index in [9.17, 15) is 19.6 Å². The molecule has 1 N–H and O–H groups in total. The van der Waals surface area contributed by atoms with Crippen molar-refractivity contribution >= 4 is 47.3 Å². The van der Waals surface area contributed by atoms with Gasteiger partial charge >= 0.3 is 6.09 Å². The lowest BCUT2D eigenvalue weighted by Gasteiger charge is -2.23. The van der Waals surface area contributed by atoms with Crippen molar-refractivity contribution in [3.8, 4) is 11.8 Å². The number of aromatic nitrogens is 4. The molecule has 3 rings (SSSR count). The van der Waals surface area contributed by atoms with Gasteiger partial charge in [-0.1, -0.05) is 17.7 Å². The first-order valence-corrected chi connectivity index (χ1v) is 11.5. The van der Waals surface area contributed by atoms with E-state index in [2.05, 4.69) is 15.7 Å². The molecule has 0 saturated carbocycles. The Bertz CT molecular complexity index is 1410. The fraction of sp³-hybridized carbons (Fsp3) is 0.261. The predicted octanol–water partition coefficient (Wildman–Crippen LogP) is 3.13. The number of Topliss-reactive ketones (excluding diaryl/α,β-unsaturated/α-hetero) is 1. The highest BCUT2D eigenvalue weighted by atomic mass is 35.5. The van der Waals surface area contributed by atoms with Gasteiger partial charge in [-0.3, -0.25) is 14.5 Å². The van der Waals surface area contributed by atoms with E-state index in [1.165, 1.54) is 40.7 Å². The fourth-order valence-corrected chi connectivity index (χ4v) is 3.40. The lowest BCUT2D eigenvalue weighted by Crippen LogP contribution is -2.44. The van der Waals surface area contributed by atoms with Gasteiger partial charge in [0.2, 0.25) is 16.7 Å². The summed E-state index contributed by atoms with van der Waals surface area (Å²) in [4.78, 5) is 40.5. The third-order valence-electron chi connectivity index (χ3n) is 5.05. The van der Waals surface area contributed by atoms with E-state index in [0.717, 1.165) is 10.5 Å². The number of aryl methyl sites for hydroxylation is 2. The number of carbonyl (C=O) groups is 3. The Morgan fingerprint density at radius 2 is 1.92 bits per heavy atom. The number of nitrogens with one attached hydrogen (secondary N) is 1. The number of methoxy groups -OCH3 is 1. The lowest BCUT2D eigenvalue weighted by atomic mass is 10.1. The first-order valence-electron chi connectivity index (χ1n) is 10.7. The maximum atomic E-state index is 13.3. The summed E-state index contributed by atoms with van der Waals surface area (Å²) in [7, 11) is 3.02. The summed E-state index contributed by atoms with van der Waals surface area (Å²) in [5.74, 6) is -1.25. The Hall–Kier alpha value is -4.28. The van der Waals surface area contributed by atoms with Gasteiger partial charge in [0.25, 0.3) is 5.91 Å². The number of halogens is 1. The quantitative estimate of drug-likeness (QED) is 0.186. The monoisotopic (exact) mass is 543 g/mol. The first kappa shape index (κ1) is 27.3. The number of ether oxygens (including phenoxy) is 2. The highest BCUT2D eigenvalue weighted by Crippen LogP contribution is 2.24. The van der Waals surface area contributed by atoms with Crippen molar-refractivity contribution in [2.75, 3.05) is 19.0 Å². The van der Waals surface area contributed by atoms with Crippen molar-refractivity contribution in [1.29, 1.82) is 5.26 Å². The summed E-state index contributed by atoms with van der Waals surface area (Å²) in [5, 5.41) is 19.5. The molecule has 2 amide bonds. The van der Waals surface area contributed by atoms with Gasteiger partial charge in [-0.05, 0) is 71.5 Å². The summed E-state index contributed by atoms with van der Waals surface area (Å²) in [5.41, 5.74) is 1.12. The van der Waals surface area contributed by atoms with Crippen LogP contribution in [-0.2, 0) is 23.2 Å². The molecule has 0 bridgehead atoms. The Kier molecular flexibility index (Phi) is 8.94. The van der Waals surface area contributed by atoms with Crippen LogP contribution in [0.4, 0.5) is 10.5 Å². The fourth-order valence-electron chi connectivity index (χ4n) is 3.10. The number of ketones is 1. The topological polar surface area (TPSA) is 144 Å². The van der Waals surface area contributed by atoms with Crippen LogP contribution >= 0.6 is 23.8 Å². The number of nitrogens with zero attached hydrogens (tertiary/aromatic N) is 6. The van der Waals surface area contributed by atoms with Crippen molar-refractivity contribution in [3.63, 3.8) is 0 Å². The smallest absolute Gasteiger partial charge is 0.413 e. The van der Waals surface area contributed by atoms with Crippen LogP contribution in [0.15, 0.2) is 42.5 Å². The Morgan fingerprint density at radius 1 is 1.22 bits per heavy atom. The Morgan fingerprint density at radius 3 is 2.51 bits per heavy atom. The third-order valence-corrected chi connectivity index (χ3v) is 5.86. The van der Waals surface area contributed by atoms with Crippen LogP contribution in [0.5, 0.6) is 5.75 Å². The molecule has 2 aromatic carbocycles. The Balaban J connectivity index is 1.91. The van der Waals surface area contributed by atoms with E-state index in [1.807, 2.05) is 6.07 Å². The van der Waals surface area contributed by atoms with Crippen LogP contribution in [0.1, 0.15) is 15.9 Å². The van der Waals surface area contributed by atoms with E-state index in [0.29, 0.717) is 5.75 Å². The number of hydrogen-bond donors (Lipinski definition) is 1. The molecule has 1 atom stereocenters. The molecule has 0 radical (unpaired) electrons. The van der Waals surface area contributed by atoms with Crippen LogP contribution in [0.25, 0.3) is 0 Å². The van der Waals surface area contributed by atoms with Crippen LogP contribution in [0, 0.1) is 23.0 Å².